The quantitative estimate of drug-likeness (QED) is 0.544. The zero-order valence-corrected chi connectivity index (χ0v) is 8.82. The summed E-state index contributed by atoms with van der Waals surface area (Å²) in [4.78, 5) is 0. The second kappa shape index (κ2) is 4.79. The van der Waals surface area contributed by atoms with Crippen LogP contribution in [0.25, 0.3) is 0 Å². The van der Waals surface area contributed by atoms with E-state index in [9.17, 15) is 5.11 Å². The first-order valence-electron chi connectivity index (χ1n) is 4.95. The lowest BCUT2D eigenvalue weighted by atomic mass is 9.82. The van der Waals surface area contributed by atoms with Gasteiger partial charge in [0.25, 0.3) is 0 Å². The van der Waals surface area contributed by atoms with Crippen LogP contribution in [0.3, 0.4) is 0 Å². The molecule has 80 valence electrons. The van der Waals surface area contributed by atoms with Gasteiger partial charge >= 0.3 is 0 Å². The maximum absolute atomic E-state index is 9.58. The maximum Gasteiger partial charge on any atom is 0.146 e. The van der Waals surface area contributed by atoms with E-state index in [0.717, 1.165) is 6.42 Å². The first-order valence-corrected chi connectivity index (χ1v) is 4.95. The van der Waals surface area contributed by atoms with Crippen molar-refractivity contribution in [2.75, 3.05) is 13.9 Å². The fourth-order valence-corrected chi connectivity index (χ4v) is 2.11. The molecule has 1 saturated carbocycles. The summed E-state index contributed by atoms with van der Waals surface area (Å²) in [6, 6.07) is 0. The smallest absolute Gasteiger partial charge is 0.146 e. The van der Waals surface area contributed by atoms with Crippen molar-refractivity contribution in [3.05, 3.63) is 0 Å². The molecule has 1 N–H and O–H groups in total. The molecule has 0 unspecified atom stereocenters. The molecule has 0 aromatic heterocycles. The summed E-state index contributed by atoms with van der Waals surface area (Å²) in [6.45, 7) is 2.27. The monoisotopic (exact) mass is 198 g/mol. The Kier molecular flexibility index (Phi) is 3.94. The summed E-state index contributed by atoms with van der Waals surface area (Å²) < 4.78 is 10.3. The minimum Gasteiger partial charge on any atom is -0.393 e. The van der Waals surface area contributed by atoms with Crippen LogP contribution in [0, 0.1) is 17.8 Å². The van der Waals surface area contributed by atoms with Crippen molar-refractivity contribution in [2.24, 2.45) is 5.41 Å². The van der Waals surface area contributed by atoms with Gasteiger partial charge in [-0.25, -0.2) is 0 Å². The predicted octanol–water partition coefficient (Wildman–Crippen LogP) is 1.16. The lowest BCUT2D eigenvalue weighted by molar-refractivity contribution is -0.0970. The van der Waals surface area contributed by atoms with E-state index in [1.807, 2.05) is 6.92 Å². The van der Waals surface area contributed by atoms with Crippen molar-refractivity contribution >= 4 is 0 Å². The van der Waals surface area contributed by atoms with E-state index in [1.54, 1.807) is 7.11 Å². The van der Waals surface area contributed by atoms with Crippen molar-refractivity contribution < 1.29 is 14.6 Å². The number of terminal acetylenes is 1. The highest BCUT2D eigenvalue weighted by atomic mass is 16.7. The first-order chi connectivity index (χ1) is 6.68. The Balaban J connectivity index is 2.66. The zero-order chi connectivity index (χ0) is 10.6. The van der Waals surface area contributed by atoms with Crippen molar-refractivity contribution in [1.82, 2.24) is 0 Å². The van der Waals surface area contributed by atoms with Crippen LogP contribution in [0.5, 0.6) is 0 Å². The molecular weight excluding hydrogens is 180 g/mol. The number of aliphatic hydroxyl groups is 1. The molecular formula is C11H18O3. The zero-order valence-electron chi connectivity index (χ0n) is 8.82. The van der Waals surface area contributed by atoms with Crippen LogP contribution < -0.4 is 0 Å². The SMILES string of the molecule is C#C[C@@]1(CC)C[C@@H](O)C[C@H]1OCOC. The molecule has 1 aliphatic carbocycles. The van der Waals surface area contributed by atoms with Crippen molar-refractivity contribution in [1.29, 1.82) is 0 Å². The van der Waals surface area contributed by atoms with E-state index >= 15 is 0 Å². The van der Waals surface area contributed by atoms with Gasteiger partial charge in [0, 0.05) is 13.5 Å². The molecule has 0 aliphatic heterocycles. The Morgan fingerprint density at radius 1 is 1.64 bits per heavy atom. The lowest BCUT2D eigenvalue weighted by Crippen LogP contribution is -2.30. The Bertz CT molecular complexity index is 221. The van der Waals surface area contributed by atoms with Crippen molar-refractivity contribution in [3.63, 3.8) is 0 Å². The van der Waals surface area contributed by atoms with Gasteiger partial charge in [-0.3, -0.25) is 0 Å². The largest absolute Gasteiger partial charge is 0.393 e. The highest BCUT2D eigenvalue weighted by Gasteiger charge is 2.45. The molecule has 0 bridgehead atoms. The van der Waals surface area contributed by atoms with Crippen LogP contribution in [0.15, 0.2) is 0 Å². The summed E-state index contributed by atoms with van der Waals surface area (Å²) in [5, 5.41) is 9.58. The maximum atomic E-state index is 9.58. The predicted molar refractivity (Wildman–Crippen MR) is 53.5 cm³/mol. The Morgan fingerprint density at radius 2 is 2.36 bits per heavy atom. The standard InChI is InChI=1S/C11H18O3/c1-4-11(5-2)7-9(12)6-10(11)14-8-13-3/h1,9-10,12H,5-8H2,2-3H3/t9-,10+,11+/m0/s1. The molecule has 0 aromatic rings. The third-order valence-corrected chi connectivity index (χ3v) is 3.01. The summed E-state index contributed by atoms with van der Waals surface area (Å²) in [7, 11) is 1.58. The Labute approximate surface area is 85.4 Å². The minimum absolute atomic E-state index is 0.0764. The minimum atomic E-state index is -0.340. The second-order valence-electron chi connectivity index (χ2n) is 3.81. The fourth-order valence-electron chi connectivity index (χ4n) is 2.11. The van der Waals surface area contributed by atoms with Crippen LogP contribution in [-0.2, 0) is 9.47 Å². The van der Waals surface area contributed by atoms with Crippen LogP contribution in [0.1, 0.15) is 26.2 Å². The molecule has 0 heterocycles. The van der Waals surface area contributed by atoms with Gasteiger partial charge in [0.05, 0.1) is 17.6 Å². The van der Waals surface area contributed by atoms with E-state index in [4.69, 9.17) is 15.9 Å². The van der Waals surface area contributed by atoms with Crippen molar-refractivity contribution in [2.45, 2.75) is 38.4 Å². The molecule has 0 spiro atoms. The molecule has 0 radical (unpaired) electrons. The summed E-state index contributed by atoms with van der Waals surface area (Å²) in [6.07, 6.45) is 7.18. The van der Waals surface area contributed by atoms with Gasteiger partial charge in [-0.1, -0.05) is 12.8 Å². The number of aliphatic hydroxyl groups excluding tert-OH is 1. The third kappa shape index (κ3) is 2.09. The Hall–Kier alpha value is -0.560. The van der Waals surface area contributed by atoms with Crippen LogP contribution in [0.4, 0.5) is 0 Å². The molecule has 0 amide bonds. The average molecular weight is 198 g/mol. The molecule has 0 aromatic carbocycles. The Morgan fingerprint density at radius 3 is 2.86 bits per heavy atom. The van der Waals surface area contributed by atoms with Gasteiger partial charge in [-0.05, 0) is 12.8 Å². The van der Waals surface area contributed by atoms with E-state index in [0.29, 0.717) is 12.8 Å². The van der Waals surface area contributed by atoms with E-state index in [-0.39, 0.29) is 24.4 Å². The van der Waals surface area contributed by atoms with Gasteiger partial charge in [0.1, 0.15) is 6.79 Å². The van der Waals surface area contributed by atoms with Gasteiger partial charge < -0.3 is 14.6 Å². The topological polar surface area (TPSA) is 38.7 Å². The first kappa shape index (κ1) is 11.5. The number of rotatable bonds is 4. The van der Waals surface area contributed by atoms with Gasteiger partial charge in [0.2, 0.25) is 0 Å². The van der Waals surface area contributed by atoms with Crippen LogP contribution in [0.2, 0.25) is 0 Å². The van der Waals surface area contributed by atoms with Gasteiger partial charge in [-0.15, -0.1) is 6.42 Å². The highest BCUT2D eigenvalue weighted by Crippen LogP contribution is 2.42. The molecule has 1 fully saturated rings. The molecule has 1 aliphatic rings. The van der Waals surface area contributed by atoms with E-state index < -0.39 is 0 Å². The van der Waals surface area contributed by atoms with Crippen LogP contribution in [-0.4, -0.2) is 31.2 Å². The summed E-state index contributed by atoms with van der Waals surface area (Å²) in [5.74, 6) is 2.78. The van der Waals surface area contributed by atoms with Gasteiger partial charge in [-0.2, -0.15) is 0 Å². The molecule has 3 atom stereocenters. The summed E-state index contributed by atoms with van der Waals surface area (Å²) in [5.41, 5.74) is -0.308. The summed E-state index contributed by atoms with van der Waals surface area (Å²) >= 11 is 0. The number of ether oxygens (including phenoxy) is 2. The van der Waals surface area contributed by atoms with Crippen molar-refractivity contribution in [3.8, 4) is 12.3 Å². The number of hydrogen-bond donors (Lipinski definition) is 1. The average Bonchev–Trinajstić information content (AvgIpc) is 2.52. The third-order valence-electron chi connectivity index (χ3n) is 3.01. The second-order valence-corrected chi connectivity index (χ2v) is 3.81. The fraction of sp³-hybridized carbons (Fsp3) is 0.818. The number of hydrogen-bond acceptors (Lipinski definition) is 3. The normalized spacial score (nSPS) is 37.0. The highest BCUT2D eigenvalue weighted by molar-refractivity contribution is 5.14. The molecule has 1 rings (SSSR count). The molecule has 0 saturated heterocycles. The van der Waals surface area contributed by atoms with E-state index in [2.05, 4.69) is 5.92 Å². The molecule has 14 heavy (non-hydrogen) atoms. The van der Waals surface area contributed by atoms with Crippen LogP contribution >= 0.6 is 0 Å². The van der Waals surface area contributed by atoms with E-state index in [1.165, 1.54) is 0 Å². The molecule has 3 nitrogen and oxygen atoms in total. The van der Waals surface area contributed by atoms with Gasteiger partial charge in [0.15, 0.2) is 0 Å². The lowest BCUT2D eigenvalue weighted by Gasteiger charge is -2.28. The molecule has 3 heteroatoms. The number of methoxy groups -OCH3 is 1.